The van der Waals surface area contributed by atoms with Crippen molar-refractivity contribution in [3.05, 3.63) is 210 Å². The number of rotatable bonds is 6. The lowest BCUT2D eigenvalue weighted by atomic mass is 9.49. The Kier molecular flexibility index (Phi) is 9.42. The summed E-state index contributed by atoms with van der Waals surface area (Å²) in [4.78, 5) is 2.44. The second kappa shape index (κ2) is 15.6. The maximum absolute atomic E-state index is 2.61. The lowest BCUT2D eigenvalue weighted by Gasteiger charge is -2.54. The molecule has 0 amide bonds. The third kappa shape index (κ3) is 6.11. The molecule has 0 heterocycles. The molecule has 0 aromatic heterocycles. The number of hydrogen-bond donors (Lipinski definition) is 0. The number of hydrogen-bond acceptors (Lipinski definition) is 1. The largest absolute Gasteiger partial charge is 0.310 e. The molecule has 1 heteroatoms. The lowest BCUT2D eigenvalue weighted by Crippen LogP contribution is -2.49. The molecule has 8 aromatic rings. The maximum Gasteiger partial charge on any atom is 0.0467 e. The van der Waals surface area contributed by atoms with Gasteiger partial charge in [0.1, 0.15) is 0 Å². The minimum Gasteiger partial charge on any atom is -0.310 e. The fourth-order valence-corrected chi connectivity index (χ4v) is 14.7. The van der Waals surface area contributed by atoms with Crippen molar-refractivity contribution in [2.24, 2.45) is 23.7 Å². The highest BCUT2D eigenvalue weighted by Gasteiger charge is 2.56. The second-order valence-electron chi connectivity index (χ2n) is 21.0. The van der Waals surface area contributed by atoms with E-state index >= 15 is 0 Å². The first kappa shape index (κ1) is 39.9. The van der Waals surface area contributed by atoms with Crippen LogP contribution in [0.15, 0.2) is 188 Å². The van der Waals surface area contributed by atoms with Crippen LogP contribution in [0.1, 0.15) is 93.9 Å². The van der Waals surface area contributed by atoms with Gasteiger partial charge in [-0.3, -0.25) is 0 Å². The molecule has 5 aliphatic rings. The molecule has 0 aliphatic heterocycles. The summed E-state index contributed by atoms with van der Waals surface area (Å²) >= 11 is 0. The van der Waals surface area contributed by atoms with Gasteiger partial charge in [0.2, 0.25) is 0 Å². The van der Waals surface area contributed by atoms with E-state index in [0.717, 1.165) is 28.9 Å². The molecule has 3 fully saturated rings. The molecule has 0 N–H and O–H groups in total. The molecule has 5 aliphatic carbocycles. The topological polar surface area (TPSA) is 3.24 Å². The van der Waals surface area contributed by atoms with Gasteiger partial charge in [-0.2, -0.15) is 0 Å². The van der Waals surface area contributed by atoms with Gasteiger partial charge in [0.05, 0.1) is 0 Å². The van der Waals surface area contributed by atoms with E-state index in [0.29, 0.717) is 11.8 Å². The number of benzene rings is 8. The van der Waals surface area contributed by atoms with Gasteiger partial charge in [0.15, 0.2) is 0 Å². The molecule has 13 rings (SSSR count). The van der Waals surface area contributed by atoms with Gasteiger partial charge in [0.25, 0.3) is 0 Å². The van der Waals surface area contributed by atoms with Crippen LogP contribution < -0.4 is 4.90 Å². The Morgan fingerprint density at radius 2 is 0.909 bits per heavy atom. The smallest absolute Gasteiger partial charge is 0.0467 e. The first-order chi connectivity index (χ1) is 32.5. The molecular formula is C65H59N. The minimum atomic E-state index is 0.0852. The number of nitrogens with zero attached hydrogens (tertiary/aromatic N) is 1. The van der Waals surface area contributed by atoms with Crippen molar-refractivity contribution in [3.63, 3.8) is 0 Å². The highest BCUT2D eigenvalue weighted by Crippen LogP contribution is 2.65. The Morgan fingerprint density at radius 3 is 1.61 bits per heavy atom. The van der Waals surface area contributed by atoms with E-state index in [4.69, 9.17) is 0 Å². The van der Waals surface area contributed by atoms with E-state index < -0.39 is 0 Å². The van der Waals surface area contributed by atoms with Gasteiger partial charge < -0.3 is 4.90 Å². The minimum absolute atomic E-state index is 0.0852. The summed E-state index contributed by atoms with van der Waals surface area (Å²) in [5.74, 6) is 2.97. The van der Waals surface area contributed by atoms with E-state index in [2.05, 4.69) is 207 Å². The molecule has 66 heavy (non-hydrogen) atoms. The van der Waals surface area contributed by atoms with Crippen LogP contribution in [-0.2, 0) is 10.8 Å². The Bertz CT molecular complexity index is 3110. The van der Waals surface area contributed by atoms with Crippen LogP contribution in [0.2, 0.25) is 0 Å². The molecule has 5 atom stereocenters. The Hall–Kier alpha value is -6.44. The quantitative estimate of drug-likeness (QED) is 0.161. The molecule has 324 valence electrons. The molecule has 0 saturated heterocycles. The van der Waals surface area contributed by atoms with Crippen molar-refractivity contribution in [2.45, 2.75) is 82.5 Å². The van der Waals surface area contributed by atoms with Crippen LogP contribution >= 0.6 is 0 Å². The van der Waals surface area contributed by atoms with Crippen LogP contribution in [0, 0.1) is 23.7 Å². The van der Waals surface area contributed by atoms with Crippen LogP contribution in [0.3, 0.4) is 0 Å². The summed E-state index contributed by atoms with van der Waals surface area (Å²) in [5.41, 5.74) is 23.3. The highest BCUT2D eigenvalue weighted by molar-refractivity contribution is 5.87. The molecule has 8 aromatic carbocycles. The highest BCUT2D eigenvalue weighted by atomic mass is 15.1. The molecule has 2 spiro atoms. The van der Waals surface area contributed by atoms with E-state index in [1.54, 1.807) is 16.7 Å². The van der Waals surface area contributed by atoms with Crippen molar-refractivity contribution in [2.75, 3.05) is 4.90 Å². The van der Waals surface area contributed by atoms with E-state index in [9.17, 15) is 0 Å². The normalized spacial score (nSPS) is 22.9. The zero-order chi connectivity index (χ0) is 44.0. The maximum atomic E-state index is 2.61. The summed E-state index contributed by atoms with van der Waals surface area (Å²) in [6.07, 6.45) is 11.9. The van der Waals surface area contributed by atoms with Gasteiger partial charge in [0, 0.05) is 27.9 Å². The van der Waals surface area contributed by atoms with E-state index in [-0.39, 0.29) is 10.8 Å². The fourth-order valence-electron chi connectivity index (χ4n) is 14.7. The molecule has 0 radical (unpaired) electrons. The monoisotopic (exact) mass is 853 g/mol. The van der Waals surface area contributed by atoms with Gasteiger partial charge in [-0.25, -0.2) is 0 Å². The molecule has 2 bridgehead atoms. The molecule has 3 saturated carbocycles. The van der Waals surface area contributed by atoms with Crippen molar-refractivity contribution in [1.29, 1.82) is 0 Å². The van der Waals surface area contributed by atoms with Crippen LogP contribution in [0.5, 0.6) is 0 Å². The van der Waals surface area contributed by atoms with Crippen LogP contribution in [0.25, 0.3) is 55.6 Å². The van der Waals surface area contributed by atoms with Gasteiger partial charge in [-0.15, -0.1) is 0 Å². The SMILES string of the molecule is C[C@@H]1CC2C[C@@H](C1)[C@@]1(c3ccccc3-c3ccc(-c4ccc(N(c5ccc(-c6ccc7c(c6)C6(CCCCC6)c6ccccc6-7)cc5)c5cccc(-c6ccccc6)c5)cc4)cc31)[C@@H](C)C2. The molecular weight excluding hydrogens is 795 g/mol. The summed E-state index contributed by atoms with van der Waals surface area (Å²) in [6, 6.07) is 72.0. The second-order valence-corrected chi connectivity index (χ2v) is 21.0. The standard InChI is InChI=1S/C65H59N/c1-43-36-45-38-44(2)65(52(37-43)39-45)61-21-10-8-19-57(61)59-33-27-51(42-63(59)65)48-24-30-54(31-25-48)66(55-17-13-16-49(40-55)46-14-5-3-6-15-46)53-28-22-47(23-29-53)50-26-32-58-56-18-7-9-20-60(56)64(62(58)41-50)34-11-4-12-35-64/h3,5-10,13-33,40-45,52H,4,11-12,34-39H2,1-2H3/t43-,44+,45?,52-,65-/m1/s1. The molecule has 1 unspecified atom stereocenters. The predicted molar refractivity (Wildman–Crippen MR) is 277 cm³/mol. The third-order valence-electron chi connectivity index (χ3n) is 17.4. The lowest BCUT2D eigenvalue weighted by molar-refractivity contribution is 0.0426. The molecule has 1 nitrogen and oxygen atoms in total. The van der Waals surface area contributed by atoms with Crippen molar-refractivity contribution < 1.29 is 0 Å². The third-order valence-corrected chi connectivity index (χ3v) is 17.4. The Labute approximate surface area is 392 Å². The average Bonchev–Trinajstić information content (AvgIpc) is 3.81. The van der Waals surface area contributed by atoms with Crippen molar-refractivity contribution in [3.8, 4) is 55.6 Å². The zero-order valence-corrected chi connectivity index (χ0v) is 38.5. The number of anilines is 3. The predicted octanol–water partition coefficient (Wildman–Crippen LogP) is 17.7. The zero-order valence-electron chi connectivity index (χ0n) is 38.5. The van der Waals surface area contributed by atoms with Crippen molar-refractivity contribution >= 4 is 17.1 Å². The first-order valence-electron chi connectivity index (χ1n) is 25.1. The summed E-state index contributed by atoms with van der Waals surface area (Å²) in [7, 11) is 0. The van der Waals surface area contributed by atoms with Gasteiger partial charge in [-0.1, -0.05) is 173 Å². The Morgan fingerprint density at radius 1 is 0.379 bits per heavy atom. The van der Waals surface area contributed by atoms with Crippen LogP contribution in [-0.4, -0.2) is 0 Å². The number of fused-ring (bicyclic) bond motifs is 13. The van der Waals surface area contributed by atoms with E-state index in [1.165, 1.54) is 119 Å². The average molecular weight is 854 g/mol. The van der Waals surface area contributed by atoms with Gasteiger partial charge in [-0.05, 0) is 189 Å². The van der Waals surface area contributed by atoms with E-state index in [1.807, 2.05) is 0 Å². The first-order valence-corrected chi connectivity index (χ1v) is 25.1. The summed E-state index contributed by atoms with van der Waals surface area (Å²) in [6.45, 7) is 5.09. The van der Waals surface area contributed by atoms with Crippen LogP contribution in [0.4, 0.5) is 17.1 Å². The van der Waals surface area contributed by atoms with Gasteiger partial charge >= 0.3 is 0 Å². The summed E-state index contributed by atoms with van der Waals surface area (Å²) < 4.78 is 0. The van der Waals surface area contributed by atoms with Crippen molar-refractivity contribution in [1.82, 2.24) is 0 Å². The fraction of sp³-hybridized carbons (Fsp3) is 0.262. The Balaban J connectivity index is 0.874. The summed E-state index contributed by atoms with van der Waals surface area (Å²) in [5, 5.41) is 0.